The predicted molar refractivity (Wildman–Crippen MR) is 77.8 cm³/mol. The van der Waals surface area contributed by atoms with Crippen LogP contribution in [-0.2, 0) is 20.9 Å². The molecular weight excluding hydrogens is 272 g/mol. The molecule has 1 aromatic rings. The average Bonchev–Trinajstić information content (AvgIpc) is 2.84. The molecule has 1 atom stereocenters. The van der Waals surface area contributed by atoms with Crippen LogP contribution in [0.1, 0.15) is 20.3 Å². The molecule has 0 bridgehead atoms. The van der Waals surface area contributed by atoms with Gasteiger partial charge in [0.2, 0.25) is 11.8 Å². The second kappa shape index (κ2) is 6.71. The fourth-order valence-electron chi connectivity index (χ4n) is 2.31. The van der Waals surface area contributed by atoms with Crippen LogP contribution in [0.4, 0.5) is 5.69 Å². The molecular formula is C14H22N4O3. The molecule has 2 rings (SSSR count). The summed E-state index contributed by atoms with van der Waals surface area (Å²) in [7, 11) is 1.63. The van der Waals surface area contributed by atoms with Crippen LogP contribution in [0.5, 0.6) is 0 Å². The van der Waals surface area contributed by atoms with Gasteiger partial charge in [0.25, 0.3) is 0 Å². The molecule has 1 aliphatic rings. The number of ether oxygens (including phenoxy) is 1. The lowest BCUT2D eigenvalue weighted by Gasteiger charge is -2.24. The van der Waals surface area contributed by atoms with E-state index in [1.54, 1.807) is 22.9 Å². The van der Waals surface area contributed by atoms with Gasteiger partial charge in [0, 0.05) is 26.3 Å². The largest absolute Gasteiger partial charge is 0.383 e. The van der Waals surface area contributed by atoms with Crippen molar-refractivity contribution in [3.8, 4) is 0 Å². The molecule has 1 saturated heterocycles. The van der Waals surface area contributed by atoms with Crippen LogP contribution in [0.2, 0.25) is 0 Å². The first kappa shape index (κ1) is 15.5. The molecule has 2 heterocycles. The van der Waals surface area contributed by atoms with E-state index >= 15 is 0 Å². The van der Waals surface area contributed by atoms with Crippen molar-refractivity contribution in [2.24, 2.45) is 5.92 Å². The molecule has 1 aromatic heterocycles. The van der Waals surface area contributed by atoms with Crippen LogP contribution >= 0.6 is 0 Å². The van der Waals surface area contributed by atoms with Gasteiger partial charge in [-0.15, -0.1) is 0 Å². The van der Waals surface area contributed by atoms with Crippen molar-refractivity contribution in [3.05, 3.63) is 12.4 Å². The monoisotopic (exact) mass is 294 g/mol. The Bertz CT molecular complexity index is 512. The Morgan fingerprint density at radius 1 is 1.48 bits per heavy atom. The number of hydrogen-bond donors (Lipinski definition) is 1. The van der Waals surface area contributed by atoms with Gasteiger partial charge in [-0.2, -0.15) is 5.10 Å². The zero-order chi connectivity index (χ0) is 15.4. The summed E-state index contributed by atoms with van der Waals surface area (Å²) < 4.78 is 6.74. The first-order valence-corrected chi connectivity index (χ1v) is 7.15. The summed E-state index contributed by atoms with van der Waals surface area (Å²) in [6.45, 7) is 5.42. The Balaban J connectivity index is 2.18. The van der Waals surface area contributed by atoms with Gasteiger partial charge in [-0.25, -0.2) is 0 Å². The Morgan fingerprint density at radius 3 is 2.90 bits per heavy atom. The minimum absolute atomic E-state index is 0.0468. The number of amides is 2. The zero-order valence-electron chi connectivity index (χ0n) is 12.7. The van der Waals surface area contributed by atoms with Crippen molar-refractivity contribution < 1.29 is 14.3 Å². The molecule has 1 fully saturated rings. The molecule has 1 aliphatic heterocycles. The second-order valence-electron chi connectivity index (χ2n) is 5.48. The van der Waals surface area contributed by atoms with Crippen LogP contribution < -0.4 is 10.2 Å². The van der Waals surface area contributed by atoms with Crippen molar-refractivity contribution in [1.29, 1.82) is 0 Å². The standard InChI is InChI=1S/C14H22N4O3/c1-10(2)13-14(20)18(5-4-12(19)16-13)11-8-15-17(9-11)6-7-21-3/h8-10,13H,4-7H2,1-3H3,(H,16,19). The summed E-state index contributed by atoms with van der Waals surface area (Å²) >= 11 is 0. The third-order valence-corrected chi connectivity index (χ3v) is 3.53. The number of anilines is 1. The number of aromatic nitrogens is 2. The SMILES string of the molecule is COCCn1cc(N2CCC(=O)NC(C(C)C)C2=O)cn1. The summed E-state index contributed by atoms with van der Waals surface area (Å²) in [5, 5.41) is 7.01. The molecule has 1 N–H and O–H groups in total. The van der Waals surface area contributed by atoms with Crippen LogP contribution in [0.3, 0.4) is 0 Å². The number of nitrogens with zero attached hydrogens (tertiary/aromatic N) is 3. The minimum atomic E-state index is -0.484. The molecule has 21 heavy (non-hydrogen) atoms. The fourth-order valence-corrected chi connectivity index (χ4v) is 2.31. The summed E-state index contributed by atoms with van der Waals surface area (Å²) in [5.41, 5.74) is 0.721. The van der Waals surface area contributed by atoms with Crippen molar-refractivity contribution in [1.82, 2.24) is 15.1 Å². The van der Waals surface area contributed by atoms with Gasteiger partial charge in [0.05, 0.1) is 25.0 Å². The quantitative estimate of drug-likeness (QED) is 0.853. The maximum atomic E-state index is 12.6. The van der Waals surface area contributed by atoms with Gasteiger partial charge < -0.3 is 15.0 Å². The number of methoxy groups -OCH3 is 1. The zero-order valence-corrected chi connectivity index (χ0v) is 12.7. The summed E-state index contributed by atoms with van der Waals surface area (Å²) in [6, 6.07) is -0.484. The number of rotatable bonds is 5. The third-order valence-electron chi connectivity index (χ3n) is 3.53. The molecule has 0 radical (unpaired) electrons. The smallest absolute Gasteiger partial charge is 0.249 e. The predicted octanol–water partition coefficient (Wildman–Crippen LogP) is 0.407. The van der Waals surface area contributed by atoms with Crippen molar-refractivity contribution >= 4 is 17.5 Å². The minimum Gasteiger partial charge on any atom is -0.383 e. The Morgan fingerprint density at radius 2 is 2.24 bits per heavy atom. The topological polar surface area (TPSA) is 76.5 Å². The highest BCUT2D eigenvalue weighted by Crippen LogP contribution is 2.19. The molecule has 1 unspecified atom stereocenters. The number of carbonyl (C=O) groups excluding carboxylic acids is 2. The van der Waals surface area contributed by atoms with Crippen molar-refractivity contribution in [3.63, 3.8) is 0 Å². The molecule has 7 nitrogen and oxygen atoms in total. The summed E-state index contributed by atoms with van der Waals surface area (Å²) in [4.78, 5) is 26.0. The highest BCUT2D eigenvalue weighted by atomic mass is 16.5. The lowest BCUT2D eigenvalue weighted by atomic mass is 10.0. The highest BCUT2D eigenvalue weighted by Gasteiger charge is 2.33. The molecule has 7 heteroatoms. The van der Waals surface area contributed by atoms with Gasteiger partial charge in [0.1, 0.15) is 6.04 Å². The maximum Gasteiger partial charge on any atom is 0.249 e. The fraction of sp³-hybridized carbons (Fsp3) is 0.643. The van der Waals surface area contributed by atoms with E-state index in [1.165, 1.54) is 0 Å². The van der Waals surface area contributed by atoms with Crippen LogP contribution in [0.15, 0.2) is 12.4 Å². The van der Waals surface area contributed by atoms with Gasteiger partial charge in [-0.1, -0.05) is 13.8 Å². The van der Waals surface area contributed by atoms with Gasteiger partial charge in [-0.05, 0) is 5.92 Å². The van der Waals surface area contributed by atoms with E-state index in [0.717, 1.165) is 5.69 Å². The van der Waals surface area contributed by atoms with Gasteiger partial charge in [-0.3, -0.25) is 14.3 Å². The van der Waals surface area contributed by atoms with E-state index in [1.807, 2.05) is 20.0 Å². The summed E-state index contributed by atoms with van der Waals surface area (Å²) in [6.07, 6.45) is 3.77. The highest BCUT2D eigenvalue weighted by molar-refractivity contribution is 6.01. The first-order valence-electron chi connectivity index (χ1n) is 7.15. The van der Waals surface area contributed by atoms with E-state index in [0.29, 0.717) is 26.1 Å². The molecule has 0 aliphatic carbocycles. The normalized spacial score (nSPS) is 19.8. The lowest BCUT2D eigenvalue weighted by Crippen LogP contribution is -2.47. The van der Waals surface area contributed by atoms with Crippen LogP contribution in [0.25, 0.3) is 0 Å². The van der Waals surface area contributed by atoms with E-state index in [-0.39, 0.29) is 17.7 Å². The number of nitrogens with one attached hydrogen (secondary N) is 1. The number of carbonyl (C=O) groups is 2. The van der Waals surface area contributed by atoms with Crippen molar-refractivity contribution in [2.45, 2.75) is 32.9 Å². The summed E-state index contributed by atoms with van der Waals surface area (Å²) in [5.74, 6) is -0.121. The Hall–Kier alpha value is -1.89. The molecule has 2 amide bonds. The maximum absolute atomic E-state index is 12.6. The van der Waals surface area contributed by atoms with E-state index < -0.39 is 6.04 Å². The lowest BCUT2D eigenvalue weighted by molar-refractivity contribution is -0.126. The Labute approximate surface area is 124 Å². The van der Waals surface area contributed by atoms with Gasteiger partial charge in [0.15, 0.2) is 0 Å². The molecule has 0 spiro atoms. The molecule has 0 aromatic carbocycles. The third kappa shape index (κ3) is 3.60. The van der Waals surface area contributed by atoms with Crippen molar-refractivity contribution in [2.75, 3.05) is 25.2 Å². The van der Waals surface area contributed by atoms with Crippen LogP contribution in [0, 0.1) is 5.92 Å². The number of hydrogen-bond acceptors (Lipinski definition) is 4. The first-order chi connectivity index (χ1) is 10.0. The van der Waals surface area contributed by atoms with E-state index in [9.17, 15) is 9.59 Å². The second-order valence-corrected chi connectivity index (χ2v) is 5.48. The van der Waals surface area contributed by atoms with E-state index in [4.69, 9.17) is 4.74 Å². The average molecular weight is 294 g/mol. The Kier molecular flexibility index (Phi) is 4.95. The molecule has 116 valence electrons. The van der Waals surface area contributed by atoms with Crippen LogP contribution in [-0.4, -0.2) is 47.9 Å². The van der Waals surface area contributed by atoms with Gasteiger partial charge >= 0.3 is 0 Å². The van der Waals surface area contributed by atoms with E-state index in [2.05, 4.69) is 10.4 Å². The molecule has 0 saturated carbocycles.